The number of hydrogen-bond donors (Lipinski definition) is 1. The Morgan fingerprint density at radius 2 is 2.33 bits per heavy atom. The minimum absolute atomic E-state index is 0.0657. The highest BCUT2D eigenvalue weighted by Crippen LogP contribution is 2.18. The van der Waals surface area contributed by atoms with Crippen LogP contribution in [0.1, 0.15) is 30.4 Å². The molecule has 2 rings (SSSR count). The third kappa shape index (κ3) is 4.72. The second-order valence-corrected chi connectivity index (χ2v) is 5.41. The number of carboxylic acids is 1. The molecule has 1 aromatic carbocycles. The van der Waals surface area contributed by atoms with Crippen molar-refractivity contribution in [3.05, 3.63) is 34.3 Å². The molecule has 1 fully saturated rings. The van der Waals surface area contributed by atoms with Crippen LogP contribution in [0, 0.1) is 6.92 Å². The molecule has 1 saturated heterocycles. The van der Waals surface area contributed by atoms with Crippen LogP contribution in [0.4, 0.5) is 0 Å². The standard InChI is InChI=1S/C15H18ClNO4/c1-10-5-6-11(8-12(10)16)9-13(15(18)19)17-21-14-4-2-3-7-20-14/h5-6,8,14H,2-4,7,9H2,1H3,(H,18,19)/b17-13+. The lowest BCUT2D eigenvalue weighted by atomic mass is 10.1. The minimum Gasteiger partial charge on any atom is -0.477 e. The van der Waals surface area contributed by atoms with Crippen LogP contribution in [0.3, 0.4) is 0 Å². The number of rotatable bonds is 5. The zero-order chi connectivity index (χ0) is 15.2. The number of carbonyl (C=O) groups is 1. The third-order valence-electron chi connectivity index (χ3n) is 3.27. The van der Waals surface area contributed by atoms with Crippen molar-refractivity contribution in [3.63, 3.8) is 0 Å². The van der Waals surface area contributed by atoms with Crippen molar-refractivity contribution in [3.8, 4) is 0 Å². The summed E-state index contributed by atoms with van der Waals surface area (Å²) in [5.74, 6) is -1.11. The third-order valence-corrected chi connectivity index (χ3v) is 3.68. The van der Waals surface area contributed by atoms with Gasteiger partial charge in [0.2, 0.25) is 6.29 Å². The second kappa shape index (κ2) is 7.43. The van der Waals surface area contributed by atoms with Crippen LogP contribution >= 0.6 is 11.6 Å². The van der Waals surface area contributed by atoms with Gasteiger partial charge in [0.25, 0.3) is 0 Å². The van der Waals surface area contributed by atoms with E-state index in [0.717, 1.165) is 30.4 Å². The molecule has 21 heavy (non-hydrogen) atoms. The first-order valence-corrected chi connectivity index (χ1v) is 7.26. The van der Waals surface area contributed by atoms with Crippen molar-refractivity contribution in [1.29, 1.82) is 0 Å². The Balaban J connectivity index is 2.03. The number of benzene rings is 1. The van der Waals surface area contributed by atoms with Crippen LogP contribution in [0.15, 0.2) is 23.4 Å². The summed E-state index contributed by atoms with van der Waals surface area (Å²) >= 11 is 6.04. The molecule has 0 aromatic heterocycles. The van der Waals surface area contributed by atoms with Gasteiger partial charge in [0.05, 0.1) is 6.61 Å². The van der Waals surface area contributed by atoms with Gasteiger partial charge in [-0.25, -0.2) is 4.79 Å². The first-order chi connectivity index (χ1) is 10.1. The van der Waals surface area contributed by atoms with Gasteiger partial charge in [-0.2, -0.15) is 0 Å². The number of aryl methyl sites for hydroxylation is 1. The van der Waals surface area contributed by atoms with E-state index in [1.165, 1.54) is 0 Å². The molecule has 0 amide bonds. The van der Waals surface area contributed by atoms with Crippen LogP contribution in [-0.4, -0.2) is 29.7 Å². The lowest BCUT2D eigenvalue weighted by Gasteiger charge is -2.20. The summed E-state index contributed by atoms with van der Waals surface area (Å²) in [6.45, 7) is 2.51. The molecule has 0 saturated carbocycles. The molecule has 114 valence electrons. The Morgan fingerprint density at radius 1 is 1.52 bits per heavy atom. The molecule has 1 aliphatic rings. The van der Waals surface area contributed by atoms with Gasteiger partial charge in [-0.3, -0.25) is 0 Å². The van der Waals surface area contributed by atoms with E-state index >= 15 is 0 Å². The summed E-state index contributed by atoms with van der Waals surface area (Å²) in [4.78, 5) is 16.4. The maximum absolute atomic E-state index is 11.2. The number of hydrogen-bond acceptors (Lipinski definition) is 4. The highest BCUT2D eigenvalue weighted by molar-refractivity contribution is 6.36. The first-order valence-electron chi connectivity index (χ1n) is 6.89. The number of nitrogens with zero attached hydrogens (tertiary/aromatic N) is 1. The maximum Gasteiger partial charge on any atom is 0.354 e. The van der Waals surface area contributed by atoms with Gasteiger partial charge in [-0.1, -0.05) is 28.9 Å². The molecular formula is C15H18ClNO4. The lowest BCUT2D eigenvalue weighted by molar-refractivity contribution is -0.162. The van der Waals surface area contributed by atoms with Crippen LogP contribution < -0.4 is 0 Å². The summed E-state index contributed by atoms with van der Waals surface area (Å²) in [7, 11) is 0. The van der Waals surface area contributed by atoms with Gasteiger partial charge in [0.15, 0.2) is 5.71 Å². The lowest BCUT2D eigenvalue weighted by Crippen LogP contribution is -2.23. The highest BCUT2D eigenvalue weighted by atomic mass is 35.5. The van der Waals surface area contributed by atoms with Gasteiger partial charge in [-0.05, 0) is 37.0 Å². The Bertz CT molecular complexity index is 538. The van der Waals surface area contributed by atoms with E-state index < -0.39 is 12.3 Å². The van der Waals surface area contributed by atoms with Gasteiger partial charge in [-0.15, -0.1) is 0 Å². The molecular weight excluding hydrogens is 294 g/mol. The Hall–Kier alpha value is -1.59. The molecule has 1 heterocycles. The quantitative estimate of drug-likeness (QED) is 0.670. The number of halogens is 1. The van der Waals surface area contributed by atoms with Crippen molar-refractivity contribution >= 4 is 23.3 Å². The summed E-state index contributed by atoms with van der Waals surface area (Å²) in [5.41, 5.74) is 1.66. The monoisotopic (exact) mass is 311 g/mol. The normalized spacial score (nSPS) is 19.3. The van der Waals surface area contributed by atoms with Crippen molar-refractivity contribution in [2.45, 2.75) is 38.9 Å². The van der Waals surface area contributed by atoms with Crippen molar-refractivity contribution in [2.75, 3.05) is 6.61 Å². The topological polar surface area (TPSA) is 68.1 Å². The molecule has 1 atom stereocenters. The summed E-state index contributed by atoms with van der Waals surface area (Å²) in [6, 6.07) is 5.42. The fourth-order valence-corrected chi connectivity index (χ4v) is 2.21. The smallest absolute Gasteiger partial charge is 0.354 e. The van der Waals surface area contributed by atoms with E-state index in [1.54, 1.807) is 6.07 Å². The first kappa shape index (κ1) is 15.8. The minimum atomic E-state index is -1.11. The predicted molar refractivity (Wildman–Crippen MR) is 79.6 cm³/mol. The molecule has 0 aliphatic carbocycles. The van der Waals surface area contributed by atoms with E-state index in [9.17, 15) is 9.90 Å². The molecule has 1 aromatic rings. The van der Waals surface area contributed by atoms with Gasteiger partial charge < -0.3 is 14.7 Å². The summed E-state index contributed by atoms with van der Waals surface area (Å²) in [5, 5.41) is 13.6. The van der Waals surface area contributed by atoms with E-state index in [4.69, 9.17) is 21.2 Å². The molecule has 1 unspecified atom stereocenters. The van der Waals surface area contributed by atoms with E-state index in [2.05, 4.69) is 5.16 Å². The number of carboxylic acid groups (broad SMARTS) is 1. The number of ether oxygens (including phenoxy) is 1. The maximum atomic E-state index is 11.2. The van der Waals surface area contributed by atoms with E-state index in [1.807, 2.05) is 19.1 Å². The number of oxime groups is 1. The molecule has 1 aliphatic heterocycles. The average molecular weight is 312 g/mol. The second-order valence-electron chi connectivity index (χ2n) is 5.00. The average Bonchev–Trinajstić information content (AvgIpc) is 2.48. The van der Waals surface area contributed by atoms with Gasteiger partial charge in [0, 0.05) is 17.9 Å². The molecule has 0 bridgehead atoms. The summed E-state index contributed by atoms with van der Waals surface area (Å²) in [6.07, 6.45) is 2.43. The number of aliphatic carboxylic acids is 1. The van der Waals surface area contributed by atoms with Gasteiger partial charge in [0.1, 0.15) is 0 Å². The zero-order valence-electron chi connectivity index (χ0n) is 11.8. The van der Waals surface area contributed by atoms with Crippen molar-refractivity contribution in [1.82, 2.24) is 0 Å². The fraction of sp³-hybridized carbons (Fsp3) is 0.467. The highest BCUT2D eigenvalue weighted by Gasteiger charge is 2.17. The SMILES string of the molecule is Cc1ccc(C/C(=N\OC2CCCCO2)C(=O)O)cc1Cl. The molecule has 0 spiro atoms. The summed E-state index contributed by atoms with van der Waals surface area (Å²) < 4.78 is 5.35. The molecule has 5 nitrogen and oxygen atoms in total. The Morgan fingerprint density at radius 3 is 2.95 bits per heavy atom. The van der Waals surface area contributed by atoms with Crippen molar-refractivity contribution in [2.24, 2.45) is 5.16 Å². The fourth-order valence-electron chi connectivity index (χ4n) is 2.00. The largest absolute Gasteiger partial charge is 0.477 e. The van der Waals surface area contributed by atoms with Crippen LogP contribution in [-0.2, 0) is 20.8 Å². The predicted octanol–water partition coefficient (Wildman–Crippen LogP) is 3.17. The van der Waals surface area contributed by atoms with Crippen molar-refractivity contribution < 1.29 is 19.5 Å². The molecule has 0 radical (unpaired) electrons. The van der Waals surface area contributed by atoms with Crippen LogP contribution in [0.2, 0.25) is 5.02 Å². The van der Waals surface area contributed by atoms with Crippen LogP contribution in [0.25, 0.3) is 0 Å². The molecule has 6 heteroatoms. The Labute approximate surface area is 128 Å². The zero-order valence-corrected chi connectivity index (χ0v) is 12.6. The van der Waals surface area contributed by atoms with E-state index in [0.29, 0.717) is 11.6 Å². The van der Waals surface area contributed by atoms with Gasteiger partial charge >= 0.3 is 5.97 Å². The molecule has 1 N–H and O–H groups in total. The van der Waals surface area contributed by atoms with Crippen LogP contribution in [0.5, 0.6) is 0 Å². The van der Waals surface area contributed by atoms with E-state index in [-0.39, 0.29) is 12.1 Å². The Kier molecular flexibility index (Phi) is 5.59.